The van der Waals surface area contributed by atoms with Crippen molar-refractivity contribution in [2.45, 2.75) is 32.2 Å². The van der Waals surface area contributed by atoms with Gasteiger partial charge >= 0.3 is 6.09 Å². The molecule has 0 fully saturated rings. The lowest BCUT2D eigenvalue weighted by Crippen LogP contribution is -2.36. The SMILES string of the molecule is CC(C)(C)CN(Cc1cc(-c2cccc(C#N)c2F)n(S(=O)(=O)c2cccnc2)c1)C(=O)O. The Morgan fingerprint density at radius 2 is 2.00 bits per heavy atom. The molecule has 3 aromatic rings. The van der Waals surface area contributed by atoms with Gasteiger partial charge in [0.1, 0.15) is 16.8 Å². The molecule has 1 amide bonds. The van der Waals surface area contributed by atoms with E-state index in [2.05, 4.69) is 4.98 Å². The molecule has 0 saturated carbocycles. The minimum Gasteiger partial charge on any atom is -0.465 e. The van der Waals surface area contributed by atoms with Gasteiger partial charge in [0.15, 0.2) is 0 Å². The topological polar surface area (TPSA) is 116 Å². The second-order valence-corrected chi connectivity index (χ2v) is 10.5. The third kappa shape index (κ3) is 5.21. The maximum atomic E-state index is 15.0. The predicted molar refractivity (Wildman–Crippen MR) is 119 cm³/mol. The van der Waals surface area contributed by atoms with E-state index in [4.69, 9.17) is 0 Å². The average molecular weight is 471 g/mol. The van der Waals surface area contributed by atoms with Gasteiger partial charge in [0.2, 0.25) is 0 Å². The van der Waals surface area contributed by atoms with E-state index in [1.54, 1.807) is 6.07 Å². The molecule has 0 unspecified atom stereocenters. The fourth-order valence-electron chi connectivity index (χ4n) is 3.39. The van der Waals surface area contributed by atoms with Gasteiger partial charge in [-0.25, -0.2) is 21.6 Å². The summed E-state index contributed by atoms with van der Waals surface area (Å²) in [6.07, 6.45) is 2.71. The van der Waals surface area contributed by atoms with Gasteiger partial charge in [-0.05, 0) is 41.3 Å². The number of halogens is 1. The normalized spacial score (nSPS) is 11.7. The zero-order valence-corrected chi connectivity index (χ0v) is 19.2. The standard InChI is InChI=1S/C23H23FN4O4S/c1-23(2,3)15-27(22(29)30)13-16-10-20(19-8-4-6-17(11-25)21(19)24)28(14-16)33(31,32)18-7-5-9-26-12-18/h4-10,12,14H,13,15H2,1-3H3,(H,29,30). The van der Waals surface area contributed by atoms with E-state index in [0.29, 0.717) is 5.56 Å². The summed E-state index contributed by atoms with van der Waals surface area (Å²) >= 11 is 0. The number of rotatable bonds is 6. The number of carboxylic acid groups (broad SMARTS) is 1. The van der Waals surface area contributed by atoms with Gasteiger partial charge in [-0.15, -0.1) is 0 Å². The summed E-state index contributed by atoms with van der Waals surface area (Å²) in [4.78, 5) is 16.7. The minimum atomic E-state index is -4.19. The molecule has 0 aliphatic carbocycles. The Bertz CT molecular complexity index is 1320. The van der Waals surface area contributed by atoms with E-state index in [1.807, 2.05) is 20.8 Å². The highest BCUT2D eigenvalue weighted by atomic mass is 32.2. The summed E-state index contributed by atoms with van der Waals surface area (Å²) in [5.41, 5.74) is -0.333. The van der Waals surface area contributed by atoms with Crippen LogP contribution in [-0.4, -0.2) is 40.0 Å². The first kappa shape index (κ1) is 23.9. The fraction of sp³-hybridized carbons (Fsp3) is 0.261. The molecule has 3 rings (SSSR count). The monoisotopic (exact) mass is 470 g/mol. The quantitative estimate of drug-likeness (QED) is 0.573. The van der Waals surface area contributed by atoms with Gasteiger partial charge in [0.05, 0.1) is 17.8 Å². The number of amides is 1. The van der Waals surface area contributed by atoms with Crippen molar-refractivity contribution in [1.82, 2.24) is 13.9 Å². The zero-order valence-electron chi connectivity index (χ0n) is 18.4. The third-order valence-electron chi connectivity index (χ3n) is 4.74. The molecule has 0 bridgehead atoms. The van der Waals surface area contributed by atoms with Crippen LogP contribution in [0.15, 0.2) is 59.9 Å². The molecule has 0 atom stereocenters. The molecule has 0 saturated heterocycles. The second kappa shape index (κ2) is 9.03. The molecule has 0 aliphatic rings. The highest BCUT2D eigenvalue weighted by Crippen LogP contribution is 2.31. The molecule has 10 heteroatoms. The molecular formula is C23H23FN4O4S. The zero-order chi connectivity index (χ0) is 24.4. The van der Waals surface area contributed by atoms with Gasteiger partial charge in [0, 0.05) is 30.7 Å². The van der Waals surface area contributed by atoms with Crippen LogP contribution in [0.25, 0.3) is 11.3 Å². The Kier molecular flexibility index (Phi) is 6.56. The van der Waals surface area contributed by atoms with E-state index in [-0.39, 0.29) is 40.2 Å². The van der Waals surface area contributed by atoms with E-state index >= 15 is 4.39 Å². The van der Waals surface area contributed by atoms with Crippen LogP contribution in [0.1, 0.15) is 31.9 Å². The van der Waals surface area contributed by atoms with Crippen molar-refractivity contribution in [3.05, 3.63) is 71.9 Å². The highest BCUT2D eigenvalue weighted by Gasteiger charge is 2.26. The fourth-order valence-corrected chi connectivity index (χ4v) is 4.75. The van der Waals surface area contributed by atoms with Crippen LogP contribution in [0.5, 0.6) is 0 Å². The molecule has 0 radical (unpaired) electrons. The summed E-state index contributed by atoms with van der Waals surface area (Å²) in [6.45, 7) is 5.75. The molecule has 0 spiro atoms. The number of hydrogen-bond donors (Lipinski definition) is 1. The van der Waals surface area contributed by atoms with Crippen molar-refractivity contribution in [3.8, 4) is 17.3 Å². The van der Waals surface area contributed by atoms with Crippen molar-refractivity contribution in [1.29, 1.82) is 5.26 Å². The Hall–Kier alpha value is -3.71. The smallest absolute Gasteiger partial charge is 0.407 e. The Balaban J connectivity index is 2.19. The predicted octanol–water partition coefficient (Wildman–Crippen LogP) is 4.32. The van der Waals surface area contributed by atoms with Crippen LogP contribution < -0.4 is 0 Å². The number of hydrogen-bond acceptors (Lipinski definition) is 5. The van der Waals surface area contributed by atoms with E-state index in [1.165, 1.54) is 59.9 Å². The molecule has 172 valence electrons. The maximum absolute atomic E-state index is 15.0. The summed E-state index contributed by atoms with van der Waals surface area (Å²) in [7, 11) is -4.19. The van der Waals surface area contributed by atoms with Crippen LogP contribution in [-0.2, 0) is 16.6 Å². The Morgan fingerprint density at radius 3 is 2.58 bits per heavy atom. The first-order valence-corrected chi connectivity index (χ1v) is 11.4. The molecule has 2 heterocycles. The first-order chi connectivity index (χ1) is 15.4. The molecule has 8 nitrogen and oxygen atoms in total. The van der Waals surface area contributed by atoms with Crippen LogP contribution in [0.4, 0.5) is 9.18 Å². The molecule has 2 aromatic heterocycles. The number of aromatic nitrogens is 2. The molecule has 33 heavy (non-hydrogen) atoms. The Morgan fingerprint density at radius 1 is 1.27 bits per heavy atom. The number of pyridine rings is 1. The van der Waals surface area contributed by atoms with Crippen LogP contribution in [0, 0.1) is 22.6 Å². The largest absolute Gasteiger partial charge is 0.465 e. The van der Waals surface area contributed by atoms with Gasteiger partial charge in [-0.3, -0.25) is 4.98 Å². The Labute approximate surface area is 191 Å². The van der Waals surface area contributed by atoms with Gasteiger partial charge in [-0.1, -0.05) is 26.8 Å². The van der Waals surface area contributed by atoms with Crippen molar-refractivity contribution < 1.29 is 22.7 Å². The van der Waals surface area contributed by atoms with Crippen LogP contribution in [0.2, 0.25) is 0 Å². The van der Waals surface area contributed by atoms with Crippen molar-refractivity contribution in [2.75, 3.05) is 6.54 Å². The highest BCUT2D eigenvalue weighted by molar-refractivity contribution is 7.90. The van der Waals surface area contributed by atoms with Crippen molar-refractivity contribution in [3.63, 3.8) is 0 Å². The lowest BCUT2D eigenvalue weighted by atomic mass is 9.96. The molecule has 1 N–H and O–H groups in total. The number of carbonyl (C=O) groups is 1. The summed E-state index contributed by atoms with van der Waals surface area (Å²) in [5, 5.41) is 18.8. The number of nitrogens with zero attached hydrogens (tertiary/aromatic N) is 4. The third-order valence-corrected chi connectivity index (χ3v) is 6.40. The first-order valence-electron chi connectivity index (χ1n) is 9.98. The molecule has 0 aliphatic heterocycles. The van der Waals surface area contributed by atoms with Crippen LogP contribution >= 0.6 is 0 Å². The van der Waals surface area contributed by atoms with Gasteiger partial charge in [0.25, 0.3) is 10.0 Å². The van der Waals surface area contributed by atoms with E-state index < -0.39 is 21.9 Å². The molecular weight excluding hydrogens is 447 g/mol. The second-order valence-electron chi connectivity index (χ2n) is 8.70. The van der Waals surface area contributed by atoms with Gasteiger partial charge < -0.3 is 10.0 Å². The van der Waals surface area contributed by atoms with Gasteiger partial charge in [-0.2, -0.15) is 5.26 Å². The maximum Gasteiger partial charge on any atom is 0.407 e. The summed E-state index contributed by atoms with van der Waals surface area (Å²) in [5.74, 6) is -0.864. The lowest BCUT2D eigenvalue weighted by Gasteiger charge is -2.27. The number of benzene rings is 1. The van der Waals surface area contributed by atoms with E-state index in [9.17, 15) is 23.6 Å². The minimum absolute atomic E-state index is 0.0236. The molecule has 1 aromatic carbocycles. The average Bonchev–Trinajstić information content (AvgIpc) is 3.17. The lowest BCUT2D eigenvalue weighted by molar-refractivity contribution is 0.123. The van der Waals surface area contributed by atoms with Crippen molar-refractivity contribution >= 4 is 16.1 Å². The van der Waals surface area contributed by atoms with Crippen molar-refractivity contribution in [2.24, 2.45) is 5.41 Å². The van der Waals surface area contributed by atoms with Crippen LogP contribution in [0.3, 0.4) is 0 Å². The van der Waals surface area contributed by atoms with E-state index in [0.717, 1.165) is 3.97 Å². The summed E-state index contributed by atoms with van der Waals surface area (Å²) < 4.78 is 42.6. The summed E-state index contributed by atoms with van der Waals surface area (Å²) in [6, 6.07) is 10.1. The number of nitriles is 1.